The summed E-state index contributed by atoms with van der Waals surface area (Å²) in [6.07, 6.45) is 7.70. The van der Waals surface area contributed by atoms with Crippen LogP contribution in [0.25, 0.3) is 0 Å². The number of carbonyl (C=O) groups is 2. The Bertz CT molecular complexity index is 1050. The summed E-state index contributed by atoms with van der Waals surface area (Å²) in [4.78, 5) is 32.4. The molecule has 1 aromatic heterocycles. The Balaban J connectivity index is 1.18. The molecule has 2 saturated heterocycles. The first kappa shape index (κ1) is 23.5. The van der Waals surface area contributed by atoms with Gasteiger partial charge in [-0.25, -0.2) is 4.98 Å². The molecule has 0 radical (unpaired) electrons. The number of amides is 2. The number of nitrogens with one attached hydrogen (secondary N) is 2. The van der Waals surface area contributed by atoms with E-state index in [-0.39, 0.29) is 17.9 Å². The standard InChI is InChI=1S/C27H34N4O4/c1-27(2,35-23-11-9-22(34-3)10-12-23)26(33)30-19-14-20-7-8-21(15-19)31(20)24-13-4-17(16-28-24)25(32)29-18-5-6-18/h4,9-13,16,18-21H,5-8,14-15H2,1-3H3,(H,29,32)(H,30,33)/t19?,20-,21+. The monoisotopic (exact) mass is 478 g/mol. The van der Waals surface area contributed by atoms with Crippen LogP contribution in [0, 0.1) is 0 Å². The Morgan fingerprint density at radius 3 is 2.14 bits per heavy atom. The van der Waals surface area contributed by atoms with Crippen molar-refractivity contribution >= 4 is 17.6 Å². The molecule has 0 spiro atoms. The molecule has 5 rings (SSSR count). The zero-order valence-electron chi connectivity index (χ0n) is 20.6. The van der Waals surface area contributed by atoms with Gasteiger partial charge in [0.25, 0.3) is 11.8 Å². The highest BCUT2D eigenvalue weighted by atomic mass is 16.5. The Hall–Kier alpha value is -3.29. The van der Waals surface area contributed by atoms with E-state index in [0.29, 0.717) is 29.4 Å². The van der Waals surface area contributed by atoms with Crippen molar-refractivity contribution in [2.45, 2.75) is 82.1 Å². The number of nitrogens with zero attached hydrogens (tertiary/aromatic N) is 2. The molecule has 3 aliphatic rings. The number of pyridine rings is 1. The molecule has 2 aliphatic heterocycles. The van der Waals surface area contributed by atoms with Crippen molar-refractivity contribution in [3.8, 4) is 11.5 Å². The minimum Gasteiger partial charge on any atom is -0.497 e. The largest absolute Gasteiger partial charge is 0.497 e. The van der Waals surface area contributed by atoms with E-state index in [9.17, 15) is 9.59 Å². The molecular weight excluding hydrogens is 444 g/mol. The van der Waals surface area contributed by atoms with E-state index >= 15 is 0 Å². The van der Waals surface area contributed by atoms with Crippen LogP contribution in [0.2, 0.25) is 0 Å². The van der Waals surface area contributed by atoms with Crippen LogP contribution in [0.5, 0.6) is 11.5 Å². The number of carbonyl (C=O) groups excluding carboxylic acids is 2. The summed E-state index contributed by atoms with van der Waals surface area (Å²) in [5, 5.41) is 6.24. The Kier molecular flexibility index (Phi) is 6.30. The summed E-state index contributed by atoms with van der Waals surface area (Å²) in [5.41, 5.74) is -0.391. The molecular formula is C27H34N4O4. The fourth-order valence-electron chi connectivity index (χ4n) is 5.18. The molecule has 3 heterocycles. The molecule has 1 saturated carbocycles. The molecule has 1 unspecified atom stereocenters. The fraction of sp³-hybridized carbons (Fsp3) is 0.519. The Morgan fingerprint density at radius 1 is 0.914 bits per heavy atom. The van der Waals surface area contributed by atoms with Gasteiger partial charge in [0.1, 0.15) is 17.3 Å². The molecule has 2 N–H and O–H groups in total. The second-order valence-corrected chi connectivity index (χ2v) is 10.4. The number of piperidine rings is 1. The first-order valence-electron chi connectivity index (χ1n) is 12.5. The summed E-state index contributed by atoms with van der Waals surface area (Å²) in [7, 11) is 1.62. The zero-order valence-corrected chi connectivity index (χ0v) is 20.6. The van der Waals surface area contributed by atoms with E-state index in [2.05, 4.69) is 20.5 Å². The fourth-order valence-corrected chi connectivity index (χ4v) is 5.18. The van der Waals surface area contributed by atoms with Crippen LogP contribution < -0.4 is 25.0 Å². The van der Waals surface area contributed by atoms with Crippen molar-refractivity contribution in [1.29, 1.82) is 0 Å². The van der Waals surface area contributed by atoms with Gasteiger partial charge in [-0.15, -0.1) is 0 Å². The van der Waals surface area contributed by atoms with Crippen LogP contribution in [0.15, 0.2) is 42.6 Å². The van der Waals surface area contributed by atoms with Crippen molar-refractivity contribution in [1.82, 2.24) is 15.6 Å². The number of aromatic nitrogens is 1. The molecule has 3 fully saturated rings. The van der Waals surface area contributed by atoms with Crippen molar-refractivity contribution in [2.24, 2.45) is 0 Å². The highest BCUT2D eigenvalue weighted by molar-refractivity contribution is 5.94. The molecule has 8 heteroatoms. The van der Waals surface area contributed by atoms with E-state index in [1.165, 1.54) is 0 Å². The first-order chi connectivity index (χ1) is 16.8. The average molecular weight is 479 g/mol. The number of rotatable bonds is 8. The van der Waals surface area contributed by atoms with Crippen LogP contribution in [0.4, 0.5) is 5.82 Å². The maximum absolute atomic E-state index is 13.1. The van der Waals surface area contributed by atoms with Gasteiger partial charge < -0.3 is 25.0 Å². The highest BCUT2D eigenvalue weighted by Crippen LogP contribution is 2.39. The molecule has 35 heavy (non-hydrogen) atoms. The molecule has 1 aliphatic carbocycles. The van der Waals surface area contributed by atoms with Gasteiger partial charge in [-0.2, -0.15) is 0 Å². The summed E-state index contributed by atoms with van der Waals surface area (Å²) < 4.78 is 11.2. The third-order valence-corrected chi connectivity index (χ3v) is 7.23. The minimum absolute atomic E-state index is 0.0459. The molecule has 2 amide bonds. The van der Waals surface area contributed by atoms with Crippen molar-refractivity contribution in [3.05, 3.63) is 48.2 Å². The van der Waals surface area contributed by atoms with Crippen molar-refractivity contribution < 1.29 is 19.1 Å². The SMILES string of the molecule is COc1ccc(OC(C)(C)C(=O)NC2C[C@H]3CC[C@@H](C2)N3c2ccc(C(=O)NC3CC3)cn2)cc1. The van der Waals surface area contributed by atoms with Gasteiger partial charge >= 0.3 is 0 Å². The average Bonchev–Trinajstić information content (AvgIpc) is 3.62. The number of anilines is 1. The van der Waals surface area contributed by atoms with Gasteiger partial charge in [0, 0.05) is 30.4 Å². The number of hydrogen-bond donors (Lipinski definition) is 2. The quantitative estimate of drug-likeness (QED) is 0.604. The third-order valence-electron chi connectivity index (χ3n) is 7.23. The minimum atomic E-state index is -0.997. The molecule has 186 valence electrons. The van der Waals surface area contributed by atoms with E-state index in [0.717, 1.165) is 50.1 Å². The summed E-state index contributed by atoms with van der Waals surface area (Å²) in [6, 6.07) is 12.1. The van der Waals surface area contributed by atoms with Crippen LogP contribution >= 0.6 is 0 Å². The second-order valence-electron chi connectivity index (χ2n) is 10.4. The van der Waals surface area contributed by atoms with Gasteiger partial charge in [-0.1, -0.05) is 0 Å². The number of fused-ring (bicyclic) bond motifs is 2. The molecule has 1 aromatic carbocycles. The predicted molar refractivity (Wildman–Crippen MR) is 133 cm³/mol. The van der Waals surface area contributed by atoms with Gasteiger partial charge in [-0.3, -0.25) is 9.59 Å². The zero-order chi connectivity index (χ0) is 24.6. The van der Waals surface area contributed by atoms with Gasteiger partial charge in [0.15, 0.2) is 5.60 Å². The summed E-state index contributed by atoms with van der Waals surface area (Å²) in [6.45, 7) is 3.59. The van der Waals surface area contributed by atoms with Crippen LogP contribution in [-0.4, -0.2) is 53.7 Å². The lowest BCUT2D eigenvalue weighted by Crippen LogP contribution is -2.55. The van der Waals surface area contributed by atoms with E-state index in [1.54, 1.807) is 39.3 Å². The van der Waals surface area contributed by atoms with Gasteiger partial charge in [0.05, 0.1) is 12.7 Å². The van der Waals surface area contributed by atoms with Crippen LogP contribution in [-0.2, 0) is 4.79 Å². The topological polar surface area (TPSA) is 92.8 Å². The third kappa shape index (κ3) is 5.21. The van der Waals surface area contributed by atoms with E-state index in [4.69, 9.17) is 9.47 Å². The molecule has 2 bridgehead atoms. The van der Waals surface area contributed by atoms with Crippen LogP contribution in [0.3, 0.4) is 0 Å². The second kappa shape index (κ2) is 9.40. The molecule has 8 nitrogen and oxygen atoms in total. The Morgan fingerprint density at radius 2 is 1.57 bits per heavy atom. The van der Waals surface area contributed by atoms with Crippen molar-refractivity contribution in [2.75, 3.05) is 12.0 Å². The van der Waals surface area contributed by atoms with Gasteiger partial charge in [0.2, 0.25) is 0 Å². The molecule has 3 atom stereocenters. The lowest BCUT2D eigenvalue weighted by Gasteiger charge is -2.40. The number of methoxy groups -OCH3 is 1. The molecule has 2 aromatic rings. The predicted octanol–water partition coefficient (Wildman–Crippen LogP) is 3.46. The number of benzene rings is 1. The highest BCUT2D eigenvalue weighted by Gasteiger charge is 2.43. The van der Waals surface area contributed by atoms with Gasteiger partial charge in [-0.05, 0) is 88.8 Å². The summed E-state index contributed by atoms with van der Waals surface area (Å²) >= 11 is 0. The Labute approximate surface area is 206 Å². The smallest absolute Gasteiger partial charge is 0.263 e. The lowest BCUT2D eigenvalue weighted by atomic mass is 9.96. The van der Waals surface area contributed by atoms with E-state index < -0.39 is 5.60 Å². The lowest BCUT2D eigenvalue weighted by molar-refractivity contribution is -0.135. The maximum atomic E-state index is 13.1. The summed E-state index contributed by atoms with van der Waals surface area (Å²) in [5.74, 6) is 2.12. The first-order valence-corrected chi connectivity index (χ1v) is 12.5. The van der Waals surface area contributed by atoms with E-state index in [1.807, 2.05) is 24.3 Å². The normalized spacial score (nSPS) is 23.5. The maximum Gasteiger partial charge on any atom is 0.263 e. The number of hydrogen-bond acceptors (Lipinski definition) is 6. The number of ether oxygens (including phenoxy) is 2. The van der Waals surface area contributed by atoms with Crippen molar-refractivity contribution in [3.63, 3.8) is 0 Å². The van der Waals surface area contributed by atoms with Crippen LogP contribution in [0.1, 0.15) is 62.7 Å².